The Labute approximate surface area is 192 Å². The average molecular weight is 459 g/mol. The molecular formula is C25H29F3N4O. The summed E-state index contributed by atoms with van der Waals surface area (Å²) >= 11 is 0. The van der Waals surface area contributed by atoms with Crippen molar-refractivity contribution in [1.82, 2.24) is 14.8 Å². The molecule has 1 atom stereocenters. The molecule has 2 aliphatic rings. The van der Waals surface area contributed by atoms with Crippen LogP contribution in [0.1, 0.15) is 24.0 Å². The van der Waals surface area contributed by atoms with Gasteiger partial charge in [-0.05, 0) is 54.7 Å². The molecule has 0 spiro atoms. The molecule has 8 heteroatoms. The first-order valence-electron chi connectivity index (χ1n) is 11.4. The van der Waals surface area contributed by atoms with Crippen molar-refractivity contribution in [2.24, 2.45) is 5.92 Å². The number of piperidine rings is 1. The first-order valence-corrected chi connectivity index (χ1v) is 11.4. The molecular weight excluding hydrogens is 429 g/mol. The Morgan fingerprint density at radius 3 is 2.61 bits per heavy atom. The number of piperazine rings is 1. The number of amides is 1. The maximum atomic E-state index is 12.9. The van der Waals surface area contributed by atoms with Crippen molar-refractivity contribution in [1.29, 1.82) is 0 Å². The van der Waals surface area contributed by atoms with Crippen molar-refractivity contribution >= 4 is 17.8 Å². The number of aromatic nitrogens is 1. The van der Waals surface area contributed by atoms with E-state index in [2.05, 4.69) is 14.8 Å². The van der Waals surface area contributed by atoms with Crippen molar-refractivity contribution in [3.63, 3.8) is 0 Å². The third-order valence-electron chi connectivity index (χ3n) is 6.32. The van der Waals surface area contributed by atoms with Gasteiger partial charge >= 0.3 is 6.18 Å². The topological polar surface area (TPSA) is 39.7 Å². The van der Waals surface area contributed by atoms with Crippen LogP contribution in [0, 0.1) is 5.92 Å². The molecule has 3 heterocycles. The molecule has 33 heavy (non-hydrogen) atoms. The summed E-state index contributed by atoms with van der Waals surface area (Å²) < 4.78 is 38.7. The molecule has 4 rings (SSSR count). The van der Waals surface area contributed by atoms with Crippen LogP contribution in [0.4, 0.5) is 19.0 Å². The Balaban J connectivity index is 1.27. The zero-order chi connectivity index (χ0) is 23.3. The SMILES string of the molecule is O=C(/C=C/c1cccc(C(F)(F)F)c1)N1CCCC(CN2CCN(c3ccccn3)CC2)C1. The molecule has 2 fully saturated rings. The number of benzene rings is 1. The fraction of sp³-hybridized carbons (Fsp3) is 0.440. The number of alkyl halides is 3. The monoisotopic (exact) mass is 458 g/mol. The van der Waals surface area contributed by atoms with Crippen molar-refractivity contribution in [2.75, 3.05) is 50.7 Å². The number of halogens is 3. The van der Waals surface area contributed by atoms with Crippen molar-refractivity contribution < 1.29 is 18.0 Å². The molecule has 5 nitrogen and oxygen atoms in total. The summed E-state index contributed by atoms with van der Waals surface area (Å²) in [5, 5.41) is 0. The predicted octanol–water partition coefficient (Wildman–Crippen LogP) is 4.17. The second kappa shape index (κ2) is 10.4. The van der Waals surface area contributed by atoms with Gasteiger partial charge in [0.1, 0.15) is 5.82 Å². The van der Waals surface area contributed by atoms with Crippen LogP contribution in [0.15, 0.2) is 54.7 Å². The molecule has 1 amide bonds. The molecule has 2 aromatic rings. The third-order valence-corrected chi connectivity index (χ3v) is 6.32. The van der Waals surface area contributed by atoms with Crippen LogP contribution in [-0.2, 0) is 11.0 Å². The second-order valence-electron chi connectivity index (χ2n) is 8.72. The first kappa shape index (κ1) is 23.3. The Morgan fingerprint density at radius 2 is 1.88 bits per heavy atom. The number of anilines is 1. The van der Waals surface area contributed by atoms with E-state index in [1.165, 1.54) is 18.2 Å². The number of likely N-dealkylation sites (tertiary alicyclic amines) is 1. The van der Waals surface area contributed by atoms with Crippen LogP contribution < -0.4 is 4.90 Å². The highest BCUT2D eigenvalue weighted by atomic mass is 19.4. The van der Waals surface area contributed by atoms with Gasteiger partial charge in [0.25, 0.3) is 0 Å². The molecule has 176 valence electrons. The third kappa shape index (κ3) is 6.35. The number of hydrogen-bond acceptors (Lipinski definition) is 4. The van der Waals surface area contributed by atoms with Crippen molar-refractivity contribution in [2.45, 2.75) is 19.0 Å². The predicted molar refractivity (Wildman–Crippen MR) is 123 cm³/mol. The standard InChI is InChI=1S/C25H29F3N4O/c26-25(27,28)22-7-3-5-20(17-22)9-10-24(33)32-12-4-6-21(19-32)18-30-13-15-31(16-14-30)23-8-1-2-11-29-23/h1-3,5,7-11,17,21H,4,6,12-16,18-19H2/b10-9+. The highest BCUT2D eigenvalue weighted by Gasteiger charge is 2.30. The average Bonchev–Trinajstić information content (AvgIpc) is 2.83. The van der Waals surface area contributed by atoms with E-state index < -0.39 is 11.7 Å². The highest BCUT2D eigenvalue weighted by Crippen LogP contribution is 2.29. The number of pyridine rings is 1. The number of nitrogens with zero attached hydrogens (tertiary/aromatic N) is 4. The molecule has 1 aromatic heterocycles. The Bertz CT molecular complexity index is 956. The summed E-state index contributed by atoms with van der Waals surface area (Å²) in [5.41, 5.74) is -0.337. The number of rotatable bonds is 5. The van der Waals surface area contributed by atoms with Gasteiger partial charge in [-0.25, -0.2) is 4.98 Å². The lowest BCUT2D eigenvalue weighted by Gasteiger charge is -2.39. The first-order chi connectivity index (χ1) is 15.9. The maximum absolute atomic E-state index is 12.9. The Hall–Kier alpha value is -2.87. The molecule has 1 aromatic carbocycles. The van der Waals surface area contributed by atoms with Crippen LogP contribution in [0.2, 0.25) is 0 Å². The number of carbonyl (C=O) groups excluding carboxylic acids is 1. The lowest BCUT2D eigenvalue weighted by Crippen LogP contribution is -2.50. The van der Waals surface area contributed by atoms with E-state index in [1.807, 2.05) is 29.3 Å². The van der Waals surface area contributed by atoms with E-state index in [1.54, 1.807) is 6.07 Å². The zero-order valence-corrected chi connectivity index (χ0v) is 18.5. The highest BCUT2D eigenvalue weighted by molar-refractivity contribution is 5.91. The summed E-state index contributed by atoms with van der Waals surface area (Å²) in [5.74, 6) is 1.28. The zero-order valence-electron chi connectivity index (χ0n) is 18.5. The van der Waals surface area contributed by atoms with Crippen LogP contribution in [0.5, 0.6) is 0 Å². The number of hydrogen-bond donors (Lipinski definition) is 0. The lowest BCUT2D eigenvalue weighted by atomic mass is 9.97. The van der Waals surface area contributed by atoms with Gasteiger partial charge in [0.05, 0.1) is 5.56 Å². The van der Waals surface area contributed by atoms with Gasteiger partial charge in [0.2, 0.25) is 5.91 Å². The lowest BCUT2D eigenvalue weighted by molar-refractivity contribution is -0.137. The van der Waals surface area contributed by atoms with Gasteiger partial charge in [-0.3, -0.25) is 9.69 Å². The van der Waals surface area contributed by atoms with Gasteiger partial charge in [0, 0.05) is 58.1 Å². The minimum absolute atomic E-state index is 0.142. The normalized spacial score (nSPS) is 20.4. The van der Waals surface area contributed by atoms with Gasteiger partial charge in [-0.15, -0.1) is 0 Å². The van der Waals surface area contributed by atoms with Crippen molar-refractivity contribution in [3.05, 3.63) is 65.9 Å². The van der Waals surface area contributed by atoms with Crippen LogP contribution in [0.3, 0.4) is 0 Å². The fourth-order valence-electron chi connectivity index (χ4n) is 4.57. The fourth-order valence-corrected chi connectivity index (χ4v) is 4.57. The molecule has 0 bridgehead atoms. The summed E-state index contributed by atoms with van der Waals surface area (Å²) in [4.78, 5) is 23.7. The quantitative estimate of drug-likeness (QED) is 0.631. The van der Waals surface area contributed by atoms with E-state index >= 15 is 0 Å². The van der Waals surface area contributed by atoms with E-state index in [0.717, 1.165) is 63.5 Å². The minimum atomic E-state index is -4.39. The summed E-state index contributed by atoms with van der Waals surface area (Å²) in [6.07, 6.45) is 2.32. The molecule has 0 saturated carbocycles. The smallest absolute Gasteiger partial charge is 0.354 e. The van der Waals surface area contributed by atoms with Crippen LogP contribution in [0.25, 0.3) is 6.08 Å². The minimum Gasteiger partial charge on any atom is -0.354 e. The summed E-state index contributed by atoms with van der Waals surface area (Å²) in [6, 6.07) is 11.0. The van der Waals surface area contributed by atoms with E-state index in [9.17, 15) is 18.0 Å². The van der Waals surface area contributed by atoms with Crippen LogP contribution >= 0.6 is 0 Å². The van der Waals surface area contributed by atoms with Gasteiger partial charge < -0.3 is 9.80 Å². The molecule has 0 radical (unpaired) electrons. The van der Waals surface area contributed by atoms with Crippen LogP contribution in [-0.4, -0.2) is 66.5 Å². The second-order valence-corrected chi connectivity index (χ2v) is 8.72. The van der Waals surface area contributed by atoms with E-state index in [4.69, 9.17) is 0 Å². The molecule has 2 aliphatic heterocycles. The van der Waals surface area contributed by atoms with Crippen molar-refractivity contribution in [3.8, 4) is 0 Å². The maximum Gasteiger partial charge on any atom is 0.416 e. The van der Waals surface area contributed by atoms with E-state index in [-0.39, 0.29) is 5.91 Å². The molecule has 1 unspecified atom stereocenters. The van der Waals surface area contributed by atoms with Gasteiger partial charge in [-0.1, -0.05) is 18.2 Å². The molecule has 2 saturated heterocycles. The summed E-state index contributed by atoms with van der Waals surface area (Å²) in [6.45, 7) is 6.14. The Morgan fingerprint density at radius 1 is 1.06 bits per heavy atom. The van der Waals surface area contributed by atoms with E-state index in [0.29, 0.717) is 24.6 Å². The largest absolute Gasteiger partial charge is 0.416 e. The molecule has 0 aliphatic carbocycles. The summed E-state index contributed by atoms with van der Waals surface area (Å²) in [7, 11) is 0. The van der Waals surface area contributed by atoms with Gasteiger partial charge in [0.15, 0.2) is 0 Å². The Kier molecular flexibility index (Phi) is 7.33. The van der Waals surface area contributed by atoms with Gasteiger partial charge in [-0.2, -0.15) is 13.2 Å². The number of carbonyl (C=O) groups is 1. The molecule has 0 N–H and O–H groups in total.